The summed E-state index contributed by atoms with van der Waals surface area (Å²) in [4.78, 5) is 25.8. The topological polar surface area (TPSA) is 61.2 Å². The van der Waals surface area contributed by atoms with E-state index in [0.717, 1.165) is 28.5 Å². The molecule has 104 valence electrons. The molecule has 1 aliphatic rings. The number of hydrogen-bond acceptors (Lipinski definition) is 4. The molecule has 0 N–H and O–H groups in total. The SMILES string of the molecule is Cc1cc(C)c(N2C(=O)CC(CSC#N)C2=O)cc1C. The molecule has 0 spiro atoms. The van der Waals surface area contributed by atoms with Crippen LogP contribution < -0.4 is 4.90 Å². The largest absolute Gasteiger partial charge is 0.274 e. The van der Waals surface area contributed by atoms with E-state index in [1.807, 2.05) is 38.3 Å². The van der Waals surface area contributed by atoms with Gasteiger partial charge in [-0.25, -0.2) is 0 Å². The molecule has 5 heteroatoms. The van der Waals surface area contributed by atoms with Crippen LogP contribution in [0, 0.1) is 37.4 Å². The zero-order chi connectivity index (χ0) is 14.9. The lowest BCUT2D eigenvalue weighted by atomic mass is 10.0. The predicted octanol–water partition coefficient (Wildman–Crippen LogP) is 2.71. The second-order valence-corrected chi connectivity index (χ2v) is 5.90. The van der Waals surface area contributed by atoms with Crippen molar-refractivity contribution in [3.8, 4) is 5.40 Å². The molecule has 2 rings (SSSR count). The number of anilines is 1. The molecule has 1 unspecified atom stereocenters. The van der Waals surface area contributed by atoms with Crippen molar-refractivity contribution in [3.05, 3.63) is 28.8 Å². The lowest BCUT2D eigenvalue weighted by Crippen LogP contribution is -2.31. The van der Waals surface area contributed by atoms with Crippen molar-refractivity contribution in [2.75, 3.05) is 10.7 Å². The zero-order valence-corrected chi connectivity index (χ0v) is 12.6. The minimum absolute atomic E-state index is 0.176. The van der Waals surface area contributed by atoms with Crippen molar-refractivity contribution in [1.29, 1.82) is 5.26 Å². The number of aryl methyl sites for hydroxylation is 3. The summed E-state index contributed by atoms with van der Waals surface area (Å²) in [5, 5.41) is 10.5. The van der Waals surface area contributed by atoms with Crippen molar-refractivity contribution in [1.82, 2.24) is 0 Å². The number of rotatable bonds is 3. The third-order valence-corrected chi connectivity index (χ3v) is 4.34. The van der Waals surface area contributed by atoms with Crippen LogP contribution in [0.4, 0.5) is 5.69 Å². The van der Waals surface area contributed by atoms with Gasteiger partial charge in [-0.05, 0) is 55.3 Å². The first-order chi connectivity index (χ1) is 9.45. The van der Waals surface area contributed by atoms with Crippen LogP contribution in [-0.2, 0) is 9.59 Å². The van der Waals surface area contributed by atoms with Gasteiger partial charge in [0.2, 0.25) is 11.8 Å². The number of nitrogens with zero attached hydrogens (tertiary/aromatic N) is 2. The van der Waals surface area contributed by atoms with E-state index in [9.17, 15) is 9.59 Å². The maximum Gasteiger partial charge on any atom is 0.238 e. The quantitative estimate of drug-likeness (QED) is 0.634. The molecule has 2 amide bonds. The van der Waals surface area contributed by atoms with Gasteiger partial charge in [-0.2, -0.15) is 5.26 Å². The first kappa shape index (κ1) is 14.6. The van der Waals surface area contributed by atoms with Crippen molar-refractivity contribution in [2.45, 2.75) is 27.2 Å². The van der Waals surface area contributed by atoms with Crippen LogP contribution in [0.25, 0.3) is 0 Å². The van der Waals surface area contributed by atoms with Gasteiger partial charge >= 0.3 is 0 Å². The molecule has 1 aromatic rings. The molecule has 0 aromatic heterocycles. The molecule has 20 heavy (non-hydrogen) atoms. The molecule has 4 nitrogen and oxygen atoms in total. The van der Waals surface area contributed by atoms with Gasteiger partial charge in [0.05, 0.1) is 11.6 Å². The Labute approximate surface area is 122 Å². The maximum atomic E-state index is 12.4. The van der Waals surface area contributed by atoms with Gasteiger partial charge in [0, 0.05) is 12.2 Å². The smallest absolute Gasteiger partial charge is 0.238 e. The number of carbonyl (C=O) groups is 2. The molecular formula is C15H16N2O2S. The fourth-order valence-corrected chi connectivity index (χ4v) is 2.94. The Morgan fingerprint density at radius 1 is 1.25 bits per heavy atom. The van der Waals surface area contributed by atoms with E-state index in [4.69, 9.17) is 5.26 Å². The van der Waals surface area contributed by atoms with Crippen LogP contribution >= 0.6 is 11.8 Å². The second kappa shape index (κ2) is 5.68. The van der Waals surface area contributed by atoms with Gasteiger partial charge in [-0.3, -0.25) is 14.5 Å². The summed E-state index contributed by atoms with van der Waals surface area (Å²) in [6.45, 7) is 5.87. The van der Waals surface area contributed by atoms with Gasteiger partial charge in [-0.1, -0.05) is 6.07 Å². The Balaban J connectivity index is 2.34. The van der Waals surface area contributed by atoms with Gasteiger partial charge in [0.15, 0.2) is 0 Å². The molecule has 0 aliphatic carbocycles. The van der Waals surface area contributed by atoms with Crippen LogP contribution in [0.1, 0.15) is 23.1 Å². The van der Waals surface area contributed by atoms with Crippen LogP contribution in [0.3, 0.4) is 0 Å². The summed E-state index contributed by atoms with van der Waals surface area (Å²) in [7, 11) is 0. The number of thiocyanates is 1. The molecule has 1 saturated heterocycles. The summed E-state index contributed by atoms with van der Waals surface area (Å²) in [5.41, 5.74) is 3.79. The summed E-state index contributed by atoms with van der Waals surface area (Å²) >= 11 is 1.02. The van der Waals surface area contributed by atoms with Gasteiger partial charge in [0.25, 0.3) is 0 Å². The Kier molecular flexibility index (Phi) is 4.15. The average molecular weight is 288 g/mol. The number of amides is 2. The van der Waals surface area contributed by atoms with E-state index in [1.54, 1.807) is 0 Å². The molecule has 0 bridgehead atoms. The van der Waals surface area contributed by atoms with Gasteiger partial charge in [-0.15, -0.1) is 0 Å². The van der Waals surface area contributed by atoms with E-state index < -0.39 is 0 Å². The minimum Gasteiger partial charge on any atom is -0.274 e. The third-order valence-electron chi connectivity index (χ3n) is 3.64. The molecule has 1 aliphatic heterocycles. The summed E-state index contributed by atoms with van der Waals surface area (Å²) < 4.78 is 0. The van der Waals surface area contributed by atoms with E-state index in [1.165, 1.54) is 4.90 Å². The van der Waals surface area contributed by atoms with Gasteiger partial charge < -0.3 is 0 Å². The molecular weight excluding hydrogens is 272 g/mol. The highest BCUT2D eigenvalue weighted by atomic mass is 32.2. The first-order valence-corrected chi connectivity index (χ1v) is 7.39. The Morgan fingerprint density at radius 3 is 2.55 bits per heavy atom. The fraction of sp³-hybridized carbons (Fsp3) is 0.400. The monoisotopic (exact) mass is 288 g/mol. The molecule has 1 fully saturated rings. The van der Waals surface area contributed by atoms with Crippen LogP contribution in [0.15, 0.2) is 12.1 Å². The normalized spacial score (nSPS) is 18.5. The van der Waals surface area contributed by atoms with Crippen LogP contribution in [0.2, 0.25) is 0 Å². The fourth-order valence-electron chi connectivity index (χ4n) is 2.40. The predicted molar refractivity (Wildman–Crippen MR) is 79.3 cm³/mol. The van der Waals surface area contributed by atoms with Crippen molar-refractivity contribution >= 4 is 29.3 Å². The number of hydrogen-bond donors (Lipinski definition) is 0. The van der Waals surface area contributed by atoms with E-state index >= 15 is 0 Å². The Morgan fingerprint density at radius 2 is 1.90 bits per heavy atom. The number of thioether (sulfide) groups is 1. The molecule has 0 saturated carbocycles. The van der Waals surface area contributed by atoms with Gasteiger partial charge in [0.1, 0.15) is 5.40 Å². The summed E-state index contributed by atoms with van der Waals surface area (Å²) in [6, 6.07) is 3.88. The Bertz CT molecular complexity index is 619. The Hall–Kier alpha value is -1.80. The van der Waals surface area contributed by atoms with E-state index in [2.05, 4.69) is 0 Å². The van der Waals surface area contributed by atoms with E-state index in [-0.39, 0.29) is 24.2 Å². The third kappa shape index (κ3) is 2.56. The van der Waals surface area contributed by atoms with E-state index in [0.29, 0.717) is 11.4 Å². The lowest BCUT2D eigenvalue weighted by Gasteiger charge is -2.19. The second-order valence-electron chi connectivity index (χ2n) is 5.09. The highest BCUT2D eigenvalue weighted by Crippen LogP contribution is 2.32. The standard InChI is InChI=1S/C15H16N2O2S/c1-9-4-11(3)13(5-10(9)2)17-14(18)6-12(15(17)19)7-20-8-16/h4-5,12H,6-7H2,1-3H3. The highest BCUT2D eigenvalue weighted by molar-refractivity contribution is 8.03. The molecule has 0 radical (unpaired) electrons. The summed E-state index contributed by atoms with van der Waals surface area (Å²) in [5.74, 6) is -0.372. The first-order valence-electron chi connectivity index (χ1n) is 6.41. The average Bonchev–Trinajstić information content (AvgIpc) is 2.67. The van der Waals surface area contributed by atoms with Crippen LogP contribution in [-0.4, -0.2) is 17.6 Å². The minimum atomic E-state index is -0.381. The number of imide groups is 1. The number of benzene rings is 1. The number of nitriles is 1. The maximum absolute atomic E-state index is 12.4. The van der Waals surface area contributed by atoms with Crippen LogP contribution in [0.5, 0.6) is 0 Å². The molecule has 1 atom stereocenters. The number of carbonyl (C=O) groups excluding carboxylic acids is 2. The molecule has 1 aromatic carbocycles. The summed E-state index contributed by atoms with van der Waals surface area (Å²) in [6.07, 6.45) is 0.194. The highest BCUT2D eigenvalue weighted by Gasteiger charge is 2.39. The van der Waals surface area contributed by atoms with Crippen molar-refractivity contribution < 1.29 is 9.59 Å². The van der Waals surface area contributed by atoms with Crippen molar-refractivity contribution in [3.63, 3.8) is 0 Å². The van der Waals surface area contributed by atoms with Crippen molar-refractivity contribution in [2.24, 2.45) is 5.92 Å². The lowest BCUT2D eigenvalue weighted by molar-refractivity contribution is -0.122. The zero-order valence-electron chi connectivity index (χ0n) is 11.8. The molecule has 1 heterocycles.